The average Bonchev–Trinajstić information content (AvgIpc) is 3.24. The van der Waals surface area contributed by atoms with E-state index in [9.17, 15) is 9.59 Å². The number of carbonyl (C=O) groups excluding carboxylic acids is 2. The van der Waals surface area contributed by atoms with Gasteiger partial charge in [0.2, 0.25) is 0 Å². The van der Waals surface area contributed by atoms with Gasteiger partial charge in [0.25, 0.3) is 11.8 Å². The van der Waals surface area contributed by atoms with Crippen LogP contribution in [0.1, 0.15) is 26.5 Å². The molecular weight excluding hydrogens is 360 g/mol. The van der Waals surface area contributed by atoms with Crippen LogP contribution in [0, 0.1) is 0 Å². The van der Waals surface area contributed by atoms with Crippen molar-refractivity contribution in [2.24, 2.45) is 0 Å². The van der Waals surface area contributed by atoms with Gasteiger partial charge in [-0.1, -0.05) is 30.3 Å². The highest BCUT2D eigenvalue weighted by molar-refractivity contribution is 7.98. The second-order valence-corrected chi connectivity index (χ2v) is 6.91. The van der Waals surface area contributed by atoms with E-state index in [-0.39, 0.29) is 17.6 Å². The summed E-state index contributed by atoms with van der Waals surface area (Å²) in [6.07, 6.45) is 1.44. The number of hydrogen-bond donors (Lipinski definition) is 2. The number of hydrogen-bond acceptors (Lipinski definition) is 4. The van der Waals surface area contributed by atoms with Crippen molar-refractivity contribution >= 4 is 29.3 Å². The van der Waals surface area contributed by atoms with E-state index < -0.39 is 0 Å². The van der Waals surface area contributed by atoms with E-state index in [1.54, 1.807) is 48.2 Å². The third-order valence-corrected chi connectivity index (χ3v) is 4.82. The molecule has 27 heavy (non-hydrogen) atoms. The maximum atomic E-state index is 12.2. The first-order valence-corrected chi connectivity index (χ1v) is 9.72. The number of anilines is 1. The number of nitrogens with one attached hydrogen (secondary N) is 2. The Balaban J connectivity index is 1.40. The van der Waals surface area contributed by atoms with Gasteiger partial charge in [0, 0.05) is 29.3 Å². The SMILES string of the molecule is O=C(NCCSCc1ccccc1)c1ccc(NC(=O)c2ccco2)cc1. The summed E-state index contributed by atoms with van der Waals surface area (Å²) in [6, 6.07) is 20.2. The monoisotopic (exact) mass is 380 g/mol. The molecule has 0 spiro atoms. The van der Waals surface area contributed by atoms with E-state index in [1.807, 2.05) is 18.2 Å². The lowest BCUT2D eigenvalue weighted by molar-refractivity contribution is 0.0955. The Labute approximate surface area is 162 Å². The van der Waals surface area contributed by atoms with Crippen molar-refractivity contribution < 1.29 is 14.0 Å². The van der Waals surface area contributed by atoms with Crippen LogP contribution in [0.4, 0.5) is 5.69 Å². The fraction of sp³-hybridized carbons (Fsp3) is 0.143. The standard InChI is InChI=1S/C21H20N2O3S/c24-20(22-12-14-27-15-16-5-2-1-3-6-16)17-8-10-18(11-9-17)23-21(25)19-7-4-13-26-19/h1-11,13H,12,14-15H2,(H,22,24)(H,23,25). The Morgan fingerprint density at radius 3 is 2.37 bits per heavy atom. The summed E-state index contributed by atoms with van der Waals surface area (Å²) in [6.45, 7) is 0.604. The van der Waals surface area contributed by atoms with Crippen molar-refractivity contribution in [1.82, 2.24) is 5.32 Å². The molecule has 1 heterocycles. The lowest BCUT2D eigenvalue weighted by Crippen LogP contribution is -2.25. The second-order valence-electron chi connectivity index (χ2n) is 5.80. The zero-order valence-corrected chi connectivity index (χ0v) is 15.5. The molecule has 0 saturated heterocycles. The molecule has 0 fully saturated rings. The Hall–Kier alpha value is -2.99. The summed E-state index contributed by atoms with van der Waals surface area (Å²) in [7, 11) is 0. The van der Waals surface area contributed by atoms with Gasteiger partial charge in [-0.25, -0.2) is 0 Å². The van der Waals surface area contributed by atoms with Gasteiger partial charge in [0.1, 0.15) is 0 Å². The molecule has 3 aromatic rings. The predicted octanol–water partition coefficient (Wildman–Crippen LogP) is 4.20. The third kappa shape index (κ3) is 5.76. The van der Waals surface area contributed by atoms with Crippen molar-refractivity contribution in [2.45, 2.75) is 5.75 Å². The van der Waals surface area contributed by atoms with E-state index in [1.165, 1.54) is 11.8 Å². The first-order chi connectivity index (χ1) is 13.2. The molecule has 1 aromatic heterocycles. The molecule has 0 aliphatic heterocycles. The van der Waals surface area contributed by atoms with Crippen molar-refractivity contribution in [2.75, 3.05) is 17.6 Å². The Morgan fingerprint density at radius 2 is 1.67 bits per heavy atom. The Bertz CT molecular complexity index is 862. The molecule has 0 saturated carbocycles. The largest absolute Gasteiger partial charge is 0.459 e. The highest BCUT2D eigenvalue weighted by Crippen LogP contribution is 2.13. The molecule has 0 bridgehead atoms. The molecule has 0 radical (unpaired) electrons. The van der Waals surface area contributed by atoms with Gasteiger partial charge in [-0.05, 0) is 42.0 Å². The maximum absolute atomic E-state index is 12.2. The van der Waals surface area contributed by atoms with Crippen LogP contribution >= 0.6 is 11.8 Å². The molecule has 0 unspecified atom stereocenters. The zero-order chi connectivity index (χ0) is 18.9. The predicted molar refractivity (Wildman–Crippen MR) is 108 cm³/mol. The average molecular weight is 380 g/mol. The van der Waals surface area contributed by atoms with Gasteiger partial charge in [-0.2, -0.15) is 11.8 Å². The topological polar surface area (TPSA) is 71.3 Å². The van der Waals surface area contributed by atoms with E-state index in [2.05, 4.69) is 22.8 Å². The lowest BCUT2D eigenvalue weighted by Gasteiger charge is -2.07. The van der Waals surface area contributed by atoms with Crippen LogP contribution < -0.4 is 10.6 Å². The Kier molecular flexibility index (Phi) is 6.71. The molecular formula is C21H20N2O3S. The highest BCUT2D eigenvalue weighted by Gasteiger charge is 2.09. The molecule has 0 aliphatic rings. The van der Waals surface area contributed by atoms with Gasteiger partial charge in [0.15, 0.2) is 5.76 Å². The first-order valence-electron chi connectivity index (χ1n) is 8.57. The molecule has 2 N–H and O–H groups in total. The van der Waals surface area contributed by atoms with Crippen LogP contribution in [0.25, 0.3) is 0 Å². The van der Waals surface area contributed by atoms with E-state index in [0.29, 0.717) is 17.8 Å². The molecule has 5 nitrogen and oxygen atoms in total. The van der Waals surface area contributed by atoms with Crippen LogP contribution in [0.5, 0.6) is 0 Å². The van der Waals surface area contributed by atoms with E-state index >= 15 is 0 Å². The molecule has 0 atom stereocenters. The van der Waals surface area contributed by atoms with Gasteiger partial charge in [-0.3, -0.25) is 9.59 Å². The van der Waals surface area contributed by atoms with Crippen LogP contribution in [-0.2, 0) is 5.75 Å². The quantitative estimate of drug-likeness (QED) is 0.575. The summed E-state index contributed by atoms with van der Waals surface area (Å²) >= 11 is 1.78. The third-order valence-electron chi connectivity index (χ3n) is 3.79. The Morgan fingerprint density at radius 1 is 0.889 bits per heavy atom. The van der Waals surface area contributed by atoms with Crippen LogP contribution in [-0.4, -0.2) is 24.1 Å². The van der Waals surface area contributed by atoms with Gasteiger partial charge in [0.05, 0.1) is 6.26 Å². The van der Waals surface area contributed by atoms with Crippen LogP contribution in [0.3, 0.4) is 0 Å². The number of carbonyl (C=O) groups is 2. The number of amides is 2. The minimum Gasteiger partial charge on any atom is -0.459 e. The summed E-state index contributed by atoms with van der Waals surface area (Å²) in [5.41, 5.74) is 2.44. The molecule has 0 aliphatic carbocycles. The van der Waals surface area contributed by atoms with E-state index in [4.69, 9.17) is 4.42 Å². The summed E-state index contributed by atoms with van der Waals surface area (Å²) in [5, 5.41) is 5.62. The second kappa shape index (κ2) is 9.64. The highest BCUT2D eigenvalue weighted by atomic mass is 32.2. The maximum Gasteiger partial charge on any atom is 0.291 e. The minimum absolute atomic E-state index is 0.126. The normalized spacial score (nSPS) is 10.4. The zero-order valence-electron chi connectivity index (χ0n) is 14.7. The molecule has 3 rings (SSSR count). The van der Waals surface area contributed by atoms with E-state index in [0.717, 1.165) is 11.5 Å². The summed E-state index contributed by atoms with van der Waals surface area (Å²) in [4.78, 5) is 24.1. The van der Waals surface area contributed by atoms with Gasteiger partial charge < -0.3 is 15.1 Å². The smallest absolute Gasteiger partial charge is 0.291 e. The van der Waals surface area contributed by atoms with Crippen molar-refractivity contribution in [3.63, 3.8) is 0 Å². The van der Waals surface area contributed by atoms with Gasteiger partial charge in [-0.15, -0.1) is 0 Å². The number of thioether (sulfide) groups is 1. The first kappa shape index (κ1) is 18.8. The van der Waals surface area contributed by atoms with Crippen molar-refractivity contribution in [3.8, 4) is 0 Å². The number of benzene rings is 2. The molecule has 138 valence electrons. The van der Waals surface area contributed by atoms with Crippen molar-refractivity contribution in [1.29, 1.82) is 0 Å². The lowest BCUT2D eigenvalue weighted by atomic mass is 10.2. The van der Waals surface area contributed by atoms with Crippen molar-refractivity contribution in [3.05, 3.63) is 89.9 Å². The fourth-order valence-electron chi connectivity index (χ4n) is 2.41. The van der Waals surface area contributed by atoms with Crippen LogP contribution in [0.15, 0.2) is 77.4 Å². The minimum atomic E-state index is -0.326. The molecule has 2 aromatic carbocycles. The molecule has 2 amide bonds. The van der Waals surface area contributed by atoms with Gasteiger partial charge >= 0.3 is 0 Å². The summed E-state index contributed by atoms with van der Waals surface area (Å²) < 4.78 is 5.04. The number of rotatable bonds is 8. The fourth-order valence-corrected chi connectivity index (χ4v) is 3.23. The number of furan rings is 1. The molecule has 6 heteroatoms. The van der Waals surface area contributed by atoms with Crippen LogP contribution in [0.2, 0.25) is 0 Å². The summed E-state index contributed by atoms with van der Waals surface area (Å²) in [5.74, 6) is 1.57.